The van der Waals surface area contributed by atoms with Crippen LogP contribution in [0, 0.1) is 5.92 Å². The van der Waals surface area contributed by atoms with Gasteiger partial charge in [0.05, 0.1) is 18.3 Å². The fraction of sp³-hybridized carbons (Fsp3) is 0.273. The maximum atomic E-state index is 4.41. The summed E-state index contributed by atoms with van der Waals surface area (Å²) in [6.07, 6.45) is 9.50. The van der Waals surface area contributed by atoms with Gasteiger partial charge in [0.25, 0.3) is 0 Å². The van der Waals surface area contributed by atoms with E-state index in [1.54, 1.807) is 6.34 Å². The lowest BCUT2D eigenvalue weighted by Crippen LogP contribution is -2.39. The van der Waals surface area contributed by atoms with E-state index < -0.39 is 0 Å². The molecule has 14 heavy (non-hydrogen) atoms. The lowest BCUT2D eigenvalue weighted by Gasteiger charge is -2.24. The Labute approximate surface area is 83.6 Å². The monoisotopic (exact) mass is 187 g/mol. The van der Waals surface area contributed by atoms with Gasteiger partial charge in [-0.2, -0.15) is 0 Å². The molecule has 3 nitrogen and oxygen atoms in total. The smallest absolute Gasteiger partial charge is 0.116 e. The highest BCUT2D eigenvalue weighted by molar-refractivity contribution is 5.99. The van der Waals surface area contributed by atoms with Crippen LogP contribution in [0.5, 0.6) is 0 Å². The van der Waals surface area contributed by atoms with Crippen molar-refractivity contribution in [3.63, 3.8) is 0 Å². The summed E-state index contributed by atoms with van der Waals surface area (Å²) in [5, 5.41) is 3.05. The maximum absolute atomic E-state index is 4.41. The number of fused-ring (bicyclic) bond motifs is 1. The minimum Gasteiger partial charge on any atom is -0.334 e. The van der Waals surface area contributed by atoms with Crippen LogP contribution in [-0.2, 0) is 0 Å². The van der Waals surface area contributed by atoms with E-state index in [0.717, 1.165) is 11.4 Å². The lowest BCUT2D eigenvalue weighted by atomic mass is 9.92. The molecule has 0 saturated heterocycles. The van der Waals surface area contributed by atoms with Crippen molar-refractivity contribution < 1.29 is 0 Å². The van der Waals surface area contributed by atoms with Gasteiger partial charge in [-0.15, -0.1) is 0 Å². The molecule has 2 heterocycles. The Morgan fingerprint density at radius 3 is 3.21 bits per heavy atom. The van der Waals surface area contributed by atoms with E-state index in [4.69, 9.17) is 0 Å². The summed E-state index contributed by atoms with van der Waals surface area (Å²) in [6, 6.07) is 0.135. The summed E-state index contributed by atoms with van der Waals surface area (Å²) in [5.74, 6) is 1.23. The Kier molecular flexibility index (Phi) is 2.31. The van der Waals surface area contributed by atoms with Crippen LogP contribution in [0.4, 0.5) is 0 Å². The van der Waals surface area contributed by atoms with E-state index in [9.17, 15) is 0 Å². The number of aliphatic imine (C=N–C) groups is 2. The molecule has 2 atom stereocenters. The quantitative estimate of drug-likeness (QED) is 0.656. The lowest BCUT2D eigenvalue weighted by molar-refractivity contribution is 0.686. The maximum Gasteiger partial charge on any atom is 0.116 e. The van der Waals surface area contributed by atoms with E-state index in [2.05, 4.69) is 28.0 Å². The van der Waals surface area contributed by atoms with Gasteiger partial charge in [0.15, 0.2) is 0 Å². The molecule has 2 rings (SSSR count). The van der Waals surface area contributed by atoms with Gasteiger partial charge in [-0.1, -0.05) is 24.8 Å². The first-order valence-corrected chi connectivity index (χ1v) is 4.68. The topological polar surface area (TPSA) is 36.8 Å². The van der Waals surface area contributed by atoms with Gasteiger partial charge in [0.2, 0.25) is 0 Å². The number of allylic oxidation sites excluding steroid dienone is 1. The van der Waals surface area contributed by atoms with Crippen LogP contribution in [0.25, 0.3) is 0 Å². The third-order valence-electron chi connectivity index (χ3n) is 2.52. The van der Waals surface area contributed by atoms with Crippen LogP contribution < -0.4 is 5.32 Å². The molecular formula is C11H13N3. The van der Waals surface area contributed by atoms with Crippen LogP contribution in [0.3, 0.4) is 0 Å². The molecule has 2 aliphatic heterocycles. The van der Waals surface area contributed by atoms with Gasteiger partial charge in [0.1, 0.15) is 5.84 Å². The van der Waals surface area contributed by atoms with Crippen molar-refractivity contribution in [3.05, 3.63) is 36.6 Å². The molecule has 0 aromatic heterocycles. The zero-order chi connectivity index (χ0) is 9.97. The molecule has 1 N–H and O–H groups in total. The molecule has 0 saturated carbocycles. The normalized spacial score (nSPS) is 29.5. The fourth-order valence-electron chi connectivity index (χ4n) is 1.76. The third kappa shape index (κ3) is 1.31. The second kappa shape index (κ2) is 3.62. The number of rotatable bonds is 2. The van der Waals surface area contributed by atoms with Crippen molar-refractivity contribution in [1.82, 2.24) is 5.32 Å². The van der Waals surface area contributed by atoms with Crippen molar-refractivity contribution in [2.45, 2.75) is 13.0 Å². The molecule has 0 spiro atoms. The predicted octanol–water partition coefficient (Wildman–Crippen LogP) is 1.66. The number of nitrogens with one attached hydrogen (secondary N) is 1. The minimum atomic E-state index is 0.135. The summed E-state index contributed by atoms with van der Waals surface area (Å²) in [4.78, 5) is 8.64. The zero-order valence-electron chi connectivity index (χ0n) is 8.14. The highest BCUT2D eigenvalue weighted by atomic mass is 15.1. The van der Waals surface area contributed by atoms with Gasteiger partial charge in [-0.3, -0.25) is 4.99 Å². The molecular weight excluding hydrogens is 174 g/mol. The van der Waals surface area contributed by atoms with Crippen molar-refractivity contribution in [1.29, 1.82) is 0 Å². The van der Waals surface area contributed by atoms with E-state index >= 15 is 0 Å². The summed E-state index contributed by atoms with van der Waals surface area (Å²) in [6.45, 7) is 5.80. The predicted molar refractivity (Wildman–Crippen MR) is 59.4 cm³/mol. The van der Waals surface area contributed by atoms with Crippen LogP contribution in [0.1, 0.15) is 6.92 Å². The van der Waals surface area contributed by atoms with Gasteiger partial charge in [0, 0.05) is 6.20 Å². The number of hydrogen-bond donors (Lipinski definition) is 1. The molecule has 0 amide bonds. The Hall–Kier alpha value is -1.64. The van der Waals surface area contributed by atoms with Crippen LogP contribution in [0.2, 0.25) is 0 Å². The Bertz CT molecular complexity index is 361. The molecule has 0 bridgehead atoms. The van der Waals surface area contributed by atoms with Crippen molar-refractivity contribution >= 4 is 12.2 Å². The molecule has 0 aromatic carbocycles. The van der Waals surface area contributed by atoms with Crippen molar-refractivity contribution in [3.8, 4) is 0 Å². The molecule has 0 aromatic rings. The second-order valence-corrected chi connectivity index (χ2v) is 3.24. The van der Waals surface area contributed by atoms with Gasteiger partial charge >= 0.3 is 0 Å². The molecule has 0 radical (unpaired) electrons. The summed E-state index contributed by atoms with van der Waals surface area (Å²) in [5.41, 5.74) is 1.15. The Balaban J connectivity index is 2.31. The van der Waals surface area contributed by atoms with E-state index in [-0.39, 0.29) is 12.0 Å². The average Bonchev–Trinajstić information content (AvgIpc) is 2.68. The first-order chi connectivity index (χ1) is 6.86. The molecule has 3 heteroatoms. The highest BCUT2D eigenvalue weighted by Gasteiger charge is 2.29. The van der Waals surface area contributed by atoms with Crippen molar-refractivity contribution in [2.75, 3.05) is 0 Å². The second-order valence-electron chi connectivity index (χ2n) is 3.24. The van der Waals surface area contributed by atoms with Gasteiger partial charge in [-0.25, -0.2) is 4.99 Å². The first-order valence-electron chi connectivity index (χ1n) is 4.68. The Morgan fingerprint density at radius 2 is 2.50 bits per heavy atom. The summed E-state index contributed by atoms with van der Waals surface area (Å²) < 4.78 is 0. The number of hydrogen-bond acceptors (Lipinski definition) is 3. The van der Waals surface area contributed by atoms with Gasteiger partial charge < -0.3 is 5.32 Å². The van der Waals surface area contributed by atoms with Crippen molar-refractivity contribution in [2.24, 2.45) is 15.9 Å². The molecule has 0 fully saturated rings. The summed E-state index contributed by atoms with van der Waals surface area (Å²) in [7, 11) is 0. The standard InChI is InChI=1S/C11H13N3/c1-3-8(4-2)10-9-5-6-12-11(9)14-7-13-10/h3-7,9-10H,1H2,2H3,(H,12,13,14)/b8-4+. The van der Waals surface area contributed by atoms with Crippen LogP contribution >= 0.6 is 0 Å². The first kappa shape index (κ1) is 8.94. The molecule has 2 unspecified atom stereocenters. The number of amidine groups is 1. The van der Waals surface area contributed by atoms with E-state index in [1.807, 2.05) is 25.3 Å². The van der Waals surface area contributed by atoms with Gasteiger partial charge in [-0.05, 0) is 12.5 Å². The molecule has 2 aliphatic rings. The van der Waals surface area contributed by atoms with E-state index in [0.29, 0.717) is 0 Å². The fourth-order valence-corrected chi connectivity index (χ4v) is 1.76. The summed E-state index contributed by atoms with van der Waals surface area (Å²) >= 11 is 0. The number of nitrogens with zero attached hydrogens (tertiary/aromatic N) is 2. The van der Waals surface area contributed by atoms with Crippen LogP contribution in [-0.4, -0.2) is 18.2 Å². The zero-order valence-corrected chi connectivity index (χ0v) is 8.14. The third-order valence-corrected chi connectivity index (χ3v) is 2.52. The SMILES string of the molecule is C=C/C(=C\C)C1N=CNC2=NC=CC21. The largest absolute Gasteiger partial charge is 0.334 e. The van der Waals surface area contributed by atoms with Crippen LogP contribution in [0.15, 0.2) is 46.6 Å². The minimum absolute atomic E-state index is 0.135. The average molecular weight is 187 g/mol. The highest BCUT2D eigenvalue weighted by Crippen LogP contribution is 2.24. The molecule has 0 aliphatic carbocycles. The van der Waals surface area contributed by atoms with E-state index in [1.165, 1.54) is 0 Å². The Morgan fingerprint density at radius 1 is 1.64 bits per heavy atom. The molecule has 72 valence electrons.